The molecule has 9 heteroatoms. The average Bonchev–Trinajstić information content (AvgIpc) is 2.63. The van der Waals surface area contributed by atoms with Crippen molar-refractivity contribution in [3.05, 3.63) is 42.0 Å². The van der Waals surface area contributed by atoms with Crippen molar-refractivity contribution in [2.75, 3.05) is 28.1 Å². The van der Waals surface area contributed by atoms with Gasteiger partial charge >= 0.3 is 6.18 Å². The maximum atomic E-state index is 13.4. The monoisotopic (exact) mass is 408 g/mol. The van der Waals surface area contributed by atoms with Crippen molar-refractivity contribution in [3.63, 3.8) is 0 Å². The molecule has 0 radical (unpaired) electrons. The van der Waals surface area contributed by atoms with Gasteiger partial charge in [0.15, 0.2) is 6.79 Å². The van der Waals surface area contributed by atoms with Crippen LogP contribution in [0.2, 0.25) is 0 Å². The predicted octanol–water partition coefficient (Wildman–Crippen LogP) is 4.29. The minimum atomic E-state index is -4.60. The number of hydrogen-bond donors (Lipinski definition) is 0. The second-order valence-electron chi connectivity index (χ2n) is 4.99. The standard InChI is InChI=1S/C17H17ClF3O4P/c1-22-10-25-15-11(17(19,20)21)6-4-9-14(15)26(18)16-12(23-2)7-5-8-13(16)24-3/h4-9H,10H2,1-3H3. The first-order valence-electron chi connectivity index (χ1n) is 7.34. The molecule has 0 saturated carbocycles. The summed E-state index contributed by atoms with van der Waals surface area (Å²) in [5, 5.41) is 0.659. The summed E-state index contributed by atoms with van der Waals surface area (Å²) < 4.78 is 60.9. The summed E-state index contributed by atoms with van der Waals surface area (Å²) in [6.07, 6.45) is -4.60. The van der Waals surface area contributed by atoms with Gasteiger partial charge < -0.3 is 18.9 Å². The lowest BCUT2D eigenvalue weighted by Crippen LogP contribution is -2.20. The van der Waals surface area contributed by atoms with Crippen LogP contribution in [0.4, 0.5) is 13.2 Å². The Hall–Kier alpha value is -1.69. The van der Waals surface area contributed by atoms with Gasteiger partial charge in [-0.05, 0) is 24.3 Å². The molecule has 26 heavy (non-hydrogen) atoms. The Morgan fingerprint density at radius 1 is 0.962 bits per heavy atom. The number of halogens is 4. The number of benzene rings is 2. The Morgan fingerprint density at radius 3 is 2.04 bits per heavy atom. The van der Waals surface area contributed by atoms with E-state index < -0.39 is 19.0 Å². The van der Waals surface area contributed by atoms with Crippen molar-refractivity contribution in [1.29, 1.82) is 0 Å². The molecule has 0 saturated heterocycles. The number of methoxy groups -OCH3 is 3. The lowest BCUT2D eigenvalue weighted by molar-refractivity contribution is -0.139. The molecule has 0 spiro atoms. The molecule has 0 heterocycles. The fourth-order valence-electron chi connectivity index (χ4n) is 2.32. The highest BCUT2D eigenvalue weighted by atomic mass is 35.7. The molecule has 2 aromatic carbocycles. The molecule has 0 amide bonds. The highest BCUT2D eigenvalue weighted by Gasteiger charge is 2.37. The Morgan fingerprint density at radius 2 is 1.54 bits per heavy atom. The van der Waals surface area contributed by atoms with Crippen LogP contribution in [0, 0.1) is 0 Å². The average molecular weight is 409 g/mol. The smallest absolute Gasteiger partial charge is 0.419 e. The molecule has 0 aromatic heterocycles. The van der Waals surface area contributed by atoms with E-state index in [-0.39, 0.29) is 17.8 Å². The van der Waals surface area contributed by atoms with Gasteiger partial charge in [0.05, 0.1) is 32.4 Å². The van der Waals surface area contributed by atoms with Crippen LogP contribution in [-0.4, -0.2) is 28.1 Å². The lowest BCUT2D eigenvalue weighted by atomic mass is 10.2. The van der Waals surface area contributed by atoms with Gasteiger partial charge in [0.25, 0.3) is 0 Å². The molecule has 142 valence electrons. The Balaban J connectivity index is 2.65. The van der Waals surface area contributed by atoms with Crippen LogP contribution in [0.5, 0.6) is 17.2 Å². The van der Waals surface area contributed by atoms with E-state index >= 15 is 0 Å². The number of hydrogen-bond acceptors (Lipinski definition) is 4. The number of para-hydroxylation sites is 1. The molecule has 2 rings (SSSR count). The third kappa shape index (κ3) is 4.34. The van der Waals surface area contributed by atoms with Crippen LogP contribution in [0.25, 0.3) is 0 Å². The minimum Gasteiger partial charge on any atom is -0.496 e. The lowest BCUT2D eigenvalue weighted by Gasteiger charge is -2.22. The van der Waals surface area contributed by atoms with Gasteiger partial charge in [0.1, 0.15) is 17.2 Å². The summed E-state index contributed by atoms with van der Waals surface area (Å²) in [6, 6.07) is 8.75. The summed E-state index contributed by atoms with van der Waals surface area (Å²) in [4.78, 5) is 0. The van der Waals surface area contributed by atoms with E-state index in [1.165, 1.54) is 33.5 Å². The number of ether oxygens (including phenoxy) is 4. The Labute approximate surface area is 155 Å². The van der Waals surface area contributed by atoms with Gasteiger partial charge in [-0.25, -0.2) is 0 Å². The van der Waals surface area contributed by atoms with Crippen molar-refractivity contribution in [2.45, 2.75) is 6.18 Å². The zero-order chi connectivity index (χ0) is 19.3. The fraction of sp³-hybridized carbons (Fsp3) is 0.294. The number of rotatable bonds is 7. The van der Waals surface area contributed by atoms with E-state index in [2.05, 4.69) is 0 Å². The van der Waals surface area contributed by atoms with Crippen molar-refractivity contribution in [2.24, 2.45) is 0 Å². The third-order valence-electron chi connectivity index (χ3n) is 3.43. The van der Waals surface area contributed by atoms with Crippen LogP contribution in [-0.2, 0) is 10.9 Å². The summed E-state index contributed by atoms with van der Waals surface area (Å²) in [7, 11) is 2.44. The molecule has 2 aromatic rings. The maximum Gasteiger partial charge on any atom is 0.419 e. The normalized spacial score (nSPS) is 12.6. The summed E-state index contributed by atoms with van der Waals surface area (Å²) >= 11 is 6.62. The van der Waals surface area contributed by atoms with E-state index in [0.29, 0.717) is 16.8 Å². The second kappa shape index (κ2) is 8.80. The van der Waals surface area contributed by atoms with Gasteiger partial charge in [0.2, 0.25) is 0 Å². The molecule has 4 nitrogen and oxygen atoms in total. The quantitative estimate of drug-likeness (QED) is 0.506. The van der Waals surface area contributed by atoms with Crippen LogP contribution in [0.15, 0.2) is 36.4 Å². The first-order chi connectivity index (χ1) is 12.3. The van der Waals surface area contributed by atoms with Gasteiger partial charge in [0, 0.05) is 12.4 Å². The molecular formula is C17H17ClF3O4P. The zero-order valence-corrected chi connectivity index (χ0v) is 15.9. The maximum absolute atomic E-state index is 13.4. The summed E-state index contributed by atoms with van der Waals surface area (Å²) in [5.41, 5.74) is -0.922. The van der Waals surface area contributed by atoms with E-state index in [9.17, 15) is 13.2 Å². The third-order valence-corrected chi connectivity index (χ3v) is 6.09. The Kier molecular flexibility index (Phi) is 6.98. The van der Waals surface area contributed by atoms with E-state index in [1.54, 1.807) is 18.2 Å². The molecule has 0 aliphatic carbocycles. The van der Waals surface area contributed by atoms with Crippen LogP contribution >= 0.6 is 18.5 Å². The Bertz CT molecular complexity index is 733. The molecule has 0 fully saturated rings. The highest BCUT2D eigenvalue weighted by Crippen LogP contribution is 2.49. The second-order valence-corrected chi connectivity index (χ2v) is 7.50. The van der Waals surface area contributed by atoms with Gasteiger partial charge in [-0.2, -0.15) is 13.2 Å². The van der Waals surface area contributed by atoms with Crippen molar-refractivity contribution in [1.82, 2.24) is 0 Å². The van der Waals surface area contributed by atoms with Crippen LogP contribution in [0.1, 0.15) is 5.56 Å². The summed E-state index contributed by atoms with van der Waals surface area (Å²) in [6.45, 7) is -0.344. The highest BCUT2D eigenvalue weighted by molar-refractivity contribution is 7.96. The summed E-state index contributed by atoms with van der Waals surface area (Å²) in [5.74, 6) is 0.469. The zero-order valence-electron chi connectivity index (χ0n) is 14.3. The van der Waals surface area contributed by atoms with E-state index in [1.807, 2.05) is 0 Å². The fourth-order valence-corrected chi connectivity index (χ4v) is 4.76. The van der Waals surface area contributed by atoms with Gasteiger partial charge in [-0.3, -0.25) is 0 Å². The molecule has 0 aliphatic heterocycles. The minimum absolute atomic E-state index is 0.191. The van der Waals surface area contributed by atoms with Crippen LogP contribution < -0.4 is 24.8 Å². The van der Waals surface area contributed by atoms with Gasteiger partial charge in [-0.15, -0.1) is 0 Å². The molecule has 1 unspecified atom stereocenters. The molecular weight excluding hydrogens is 392 g/mol. The predicted molar refractivity (Wildman–Crippen MR) is 95.5 cm³/mol. The first kappa shape index (κ1) is 20.6. The SMILES string of the molecule is COCOc1c(P(Cl)c2c(OC)cccc2OC)cccc1C(F)(F)F. The van der Waals surface area contributed by atoms with E-state index in [4.69, 9.17) is 30.2 Å². The molecule has 1 atom stereocenters. The largest absolute Gasteiger partial charge is 0.496 e. The topological polar surface area (TPSA) is 36.9 Å². The van der Waals surface area contributed by atoms with Crippen molar-refractivity contribution < 1.29 is 32.1 Å². The van der Waals surface area contributed by atoms with Crippen LogP contribution in [0.3, 0.4) is 0 Å². The van der Waals surface area contributed by atoms with Gasteiger partial charge in [-0.1, -0.05) is 23.4 Å². The molecule has 0 bridgehead atoms. The first-order valence-corrected chi connectivity index (χ1v) is 9.58. The number of alkyl halides is 3. The molecule has 0 N–H and O–H groups in total. The van der Waals surface area contributed by atoms with Crippen molar-refractivity contribution in [3.8, 4) is 17.2 Å². The van der Waals surface area contributed by atoms with E-state index in [0.717, 1.165) is 6.07 Å². The van der Waals surface area contributed by atoms with Crippen molar-refractivity contribution >= 4 is 29.1 Å². The molecule has 0 aliphatic rings.